The minimum Gasteiger partial charge on any atom is -0.466 e. The Labute approximate surface area is 476 Å². The molecule has 0 radical (unpaired) electrons. The first kappa shape index (κ1) is 72.9. The van der Waals surface area contributed by atoms with Crippen LogP contribution in [0.3, 0.4) is 0 Å². The molecule has 11 nitrogen and oxygen atoms in total. The van der Waals surface area contributed by atoms with Crippen LogP contribution in [0.15, 0.2) is 85.1 Å². The summed E-state index contributed by atoms with van der Waals surface area (Å²) >= 11 is 0. The normalized spacial score (nSPS) is 19.1. The lowest BCUT2D eigenvalue weighted by Crippen LogP contribution is -2.60. The van der Waals surface area contributed by atoms with Gasteiger partial charge in [-0.3, -0.25) is 9.59 Å². The van der Waals surface area contributed by atoms with E-state index >= 15 is 0 Å². The minimum atomic E-state index is -1.58. The fraction of sp³-hybridized carbons (Fsp3) is 0.761. The molecule has 6 N–H and O–H groups in total. The van der Waals surface area contributed by atoms with Crippen LogP contribution >= 0.6 is 0 Å². The van der Waals surface area contributed by atoms with Gasteiger partial charge in [-0.25, -0.2) is 0 Å². The summed E-state index contributed by atoms with van der Waals surface area (Å²) in [7, 11) is 0. The van der Waals surface area contributed by atoms with Gasteiger partial charge >= 0.3 is 5.97 Å². The molecular formula is C67H117NO10. The number of aliphatic hydroxyl groups excluding tert-OH is 5. The highest BCUT2D eigenvalue weighted by molar-refractivity contribution is 5.76. The van der Waals surface area contributed by atoms with Crippen LogP contribution in [0.1, 0.15) is 264 Å². The summed E-state index contributed by atoms with van der Waals surface area (Å²) in [5.41, 5.74) is 0. The average Bonchev–Trinajstić information content (AvgIpc) is 3.44. The molecule has 0 aromatic heterocycles. The summed E-state index contributed by atoms with van der Waals surface area (Å²) in [5, 5.41) is 54.2. The summed E-state index contributed by atoms with van der Waals surface area (Å²) in [6.07, 6.45) is 65.6. The molecule has 7 unspecified atom stereocenters. The smallest absolute Gasteiger partial charge is 0.305 e. The van der Waals surface area contributed by atoms with Crippen molar-refractivity contribution in [2.45, 2.75) is 307 Å². The van der Waals surface area contributed by atoms with Crippen molar-refractivity contribution in [2.75, 3.05) is 19.8 Å². The highest BCUT2D eigenvalue weighted by Gasteiger charge is 2.44. The third-order valence-electron chi connectivity index (χ3n) is 14.4. The summed E-state index contributed by atoms with van der Waals surface area (Å²) in [4.78, 5) is 25.1. The molecule has 1 aliphatic heterocycles. The molecule has 0 aliphatic carbocycles. The van der Waals surface area contributed by atoms with Gasteiger partial charge in [0, 0.05) is 12.8 Å². The van der Waals surface area contributed by atoms with Crippen LogP contribution in [0.2, 0.25) is 0 Å². The van der Waals surface area contributed by atoms with E-state index in [-0.39, 0.29) is 18.5 Å². The molecule has 1 saturated heterocycles. The topological polar surface area (TPSA) is 175 Å². The molecule has 0 saturated carbocycles. The zero-order chi connectivity index (χ0) is 56.6. The van der Waals surface area contributed by atoms with Gasteiger partial charge in [-0.2, -0.15) is 0 Å². The van der Waals surface area contributed by atoms with Crippen LogP contribution in [0.25, 0.3) is 0 Å². The van der Waals surface area contributed by atoms with E-state index in [1.807, 2.05) is 6.08 Å². The zero-order valence-corrected chi connectivity index (χ0v) is 49.6. The van der Waals surface area contributed by atoms with Crippen LogP contribution in [0.4, 0.5) is 0 Å². The Balaban J connectivity index is 2.02. The molecule has 78 heavy (non-hydrogen) atoms. The van der Waals surface area contributed by atoms with Crippen molar-refractivity contribution >= 4 is 11.9 Å². The number of allylic oxidation sites excluding steroid dienone is 13. The van der Waals surface area contributed by atoms with Gasteiger partial charge in [0.15, 0.2) is 6.29 Å². The maximum absolute atomic E-state index is 13.0. The summed E-state index contributed by atoms with van der Waals surface area (Å²) < 4.78 is 16.7. The standard InChI is InChI=1S/C67H117NO10/c1-3-5-7-9-11-13-15-16-17-25-29-32-35-39-43-47-51-55-63(72)76-56-52-48-44-40-36-33-30-27-24-22-20-18-19-21-23-26-28-31-34-38-42-46-50-54-62(71)68-59(58-77-67-66(75)65(74)64(73)61(57-69)78-67)60(70)53-49-45-41-37-14-12-10-8-6-4-2/h6,8,11,13-14,16-18,20-21,23,37,49,53,59-61,64-67,69-70,73-75H,3-5,7,9-10,12,15,19,22,24-36,38-48,50-52,54-58H2,1-2H3,(H,68,71)/b8-6+,13-11-,17-16-,20-18-,23-21-,37-14+,53-49+. The van der Waals surface area contributed by atoms with Gasteiger partial charge in [-0.15, -0.1) is 0 Å². The Kier molecular flexibility index (Phi) is 52.1. The van der Waals surface area contributed by atoms with Crippen LogP contribution in [-0.4, -0.2) is 100 Å². The van der Waals surface area contributed by atoms with Gasteiger partial charge in [0.05, 0.1) is 32.0 Å². The van der Waals surface area contributed by atoms with Gasteiger partial charge in [-0.05, 0) is 116 Å². The molecule has 0 aromatic rings. The molecule has 1 fully saturated rings. The SMILES string of the molecule is CC/C=C/CC/C=C/CC/C=C/C(O)C(COC1OC(CO)C(O)C(O)C1O)NC(=O)CCCCCCCCC/C=C\C/C=C\CCCCCCCCCCCOC(=O)CCCCCCCCC/C=C\C/C=C\CCCCC. The van der Waals surface area contributed by atoms with E-state index in [1.165, 1.54) is 128 Å². The average molecular weight is 1100 g/mol. The molecule has 450 valence electrons. The lowest BCUT2D eigenvalue weighted by molar-refractivity contribution is -0.302. The predicted molar refractivity (Wildman–Crippen MR) is 324 cm³/mol. The second-order valence-electron chi connectivity index (χ2n) is 21.7. The summed E-state index contributed by atoms with van der Waals surface area (Å²) in [6, 6.07) is -0.843. The molecule has 1 aliphatic rings. The molecule has 1 heterocycles. The Bertz CT molecular complexity index is 1570. The molecule has 1 amide bonds. The van der Waals surface area contributed by atoms with E-state index in [2.05, 4.69) is 92.1 Å². The molecule has 11 heteroatoms. The first-order valence-corrected chi connectivity index (χ1v) is 31.9. The van der Waals surface area contributed by atoms with Crippen LogP contribution in [-0.2, 0) is 23.8 Å². The zero-order valence-electron chi connectivity index (χ0n) is 49.6. The van der Waals surface area contributed by atoms with E-state index in [0.717, 1.165) is 103 Å². The largest absolute Gasteiger partial charge is 0.466 e. The number of unbranched alkanes of at least 4 members (excludes halogenated alkanes) is 28. The number of amides is 1. The van der Waals surface area contributed by atoms with Gasteiger partial charge in [-0.1, -0.05) is 221 Å². The first-order chi connectivity index (χ1) is 38.2. The van der Waals surface area contributed by atoms with Crippen LogP contribution in [0.5, 0.6) is 0 Å². The maximum atomic E-state index is 13.0. The number of hydrogen-bond acceptors (Lipinski definition) is 10. The van der Waals surface area contributed by atoms with E-state index in [9.17, 15) is 35.1 Å². The Morgan fingerprint density at radius 1 is 0.487 bits per heavy atom. The minimum absolute atomic E-state index is 0.0144. The van der Waals surface area contributed by atoms with Gasteiger partial charge < -0.3 is 45.1 Å². The quantitative estimate of drug-likeness (QED) is 0.0195. The van der Waals surface area contributed by atoms with Crippen molar-refractivity contribution in [1.82, 2.24) is 5.32 Å². The number of esters is 1. The van der Waals surface area contributed by atoms with E-state index < -0.39 is 49.5 Å². The fourth-order valence-electron chi connectivity index (χ4n) is 9.42. The molecule has 7 atom stereocenters. The van der Waals surface area contributed by atoms with Crippen molar-refractivity contribution in [2.24, 2.45) is 0 Å². The van der Waals surface area contributed by atoms with Crippen molar-refractivity contribution < 1.29 is 49.3 Å². The molecule has 1 rings (SSSR count). The summed E-state index contributed by atoms with van der Waals surface area (Å²) in [6.45, 7) is 4.15. The molecule has 0 spiro atoms. The predicted octanol–water partition coefficient (Wildman–Crippen LogP) is 15.3. The van der Waals surface area contributed by atoms with E-state index in [1.54, 1.807) is 6.08 Å². The van der Waals surface area contributed by atoms with Gasteiger partial charge in [0.2, 0.25) is 5.91 Å². The highest BCUT2D eigenvalue weighted by atomic mass is 16.7. The molecule has 0 bridgehead atoms. The van der Waals surface area contributed by atoms with Gasteiger partial charge in [0.25, 0.3) is 0 Å². The number of hydrogen-bond donors (Lipinski definition) is 6. The number of rotatable bonds is 54. The van der Waals surface area contributed by atoms with Crippen LogP contribution < -0.4 is 5.32 Å². The summed E-state index contributed by atoms with van der Waals surface area (Å²) in [5.74, 6) is -0.225. The Morgan fingerprint density at radius 2 is 0.910 bits per heavy atom. The number of nitrogens with one attached hydrogen (secondary N) is 1. The molecule has 0 aromatic carbocycles. The Morgan fingerprint density at radius 3 is 1.40 bits per heavy atom. The second-order valence-corrected chi connectivity index (χ2v) is 21.7. The fourth-order valence-corrected chi connectivity index (χ4v) is 9.42. The van der Waals surface area contributed by atoms with E-state index in [0.29, 0.717) is 25.9 Å². The van der Waals surface area contributed by atoms with Crippen LogP contribution in [0, 0.1) is 0 Å². The number of aliphatic hydroxyl groups is 5. The third kappa shape index (κ3) is 44.6. The maximum Gasteiger partial charge on any atom is 0.305 e. The Hall–Kier alpha value is -3.16. The molecular weight excluding hydrogens is 979 g/mol. The lowest BCUT2D eigenvalue weighted by atomic mass is 9.99. The van der Waals surface area contributed by atoms with Crippen molar-refractivity contribution in [3.05, 3.63) is 85.1 Å². The number of carbonyl (C=O) groups is 2. The monoisotopic (exact) mass is 1100 g/mol. The number of carbonyl (C=O) groups excluding carboxylic acids is 2. The van der Waals surface area contributed by atoms with Crippen molar-refractivity contribution in [3.8, 4) is 0 Å². The number of ether oxygens (including phenoxy) is 3. The van der Waals surface area contributed by atoms with Crippen molar-refractivity contribution in [1.29, 1.82) is 0 Å². The van der Waals surface area contributed by atoms with Gasteiger partial charge in [0.1, 0.15) is 24.4 Å². The third-order valence-corrected chi connectivity index (χ3v) is 14.4. The lowest BCUT2D eigenvalue weighted by Gasteiger charge is -2.40. The highest BCUT2D eigenvalue weighted by Crippen LogP contribution is 2.23. The first-order valence-electron chi connectivity index (χ1n) is 31.9. The van der Waals surface area contributed by atoms with Crippen molar-refractivity contribution in [3.63, 3.8) is 0 Å². The second kappa shape index (κ2) is 55.7. The van der Waals surface area contributed by atoms with E-state index in [4.69, 9.17) is 14.2 Å².